The Hall–Kier alpha value is -1.51. The number of hydrogen-bond acceptors (Lipinski definition) is 3. The van der Waals surface area contributed by atoms with Gasteiger partial charge in [-0.1, -0.05) is 12.1 Å². The van der Waals surface area contributed by atoms with Crippen LogP contribution < -0.4 is 4.72 Å². The number of fused-ring (bicyclic) bond motifs is 1. The summed E-state index contributed by atoms with van der Waals surface area (Å²) in [5.74, 6) is -2.20. The van der Waals surface area contributed by atoms with Crippen molar-refractivity contribution in [2.24, 2.45) is 0 Å². The van der Waals surface area contributed by atoms with Gasteiger partial charge in [-0.15, -0.1) is 11.8 Å². The molecule has 3 nitrogen and oxygen atoms in total. The molecule has 1 N–H and O–H groups in total. The van der Waals surface area contributed by atoms with Crippen LogP contribution in [-0.2, 0) is 10.0 Å². The van der Waals surface area contributed by atoms with E-state index in [0.717, 1.165) is 12.1 Å². The van der Waals surface area contributed by atoms with Crippen molar-refractivity contribution >= 4 is 21.8 Å². The summed E-state index contributed by atoms with van der Waals surface area (Å²) in [6.45, 7) is 0. The molecule has 2 aromatic carbocycles. The van der Waals surface area contributed by atoms with E-state index in [0.29, 0.717) is 28.7 Å². The molecule has 0 aliphatic carbocycles. The minimum Gasteiger partial charge on any atom is -0.207 e. The zero-order valence-electron chi connectivity index (χ0n) is 11.7. The maximum absolute atomic E-state index is 13.8. The summed E-state index contributed by atoms with van der Waals surface area (Å²) in [6, 6.07) is 6.25. The highest BCUT2D eigenvalue weighted by atomic mass is 32.2. The summed E-state index contributed by atoms with van der Waals surface area (Å²) >= 11 is 1.33. The van der Waals surface area contributed by atoms with E-state index in [4.69, 9.17) is 0 Å². The Morgan fingerprint density at radius 2 is 1.83 bits per heavy atom. The second kappa shape index (κ2) is 6.18. The summed E-state index contributed by atoms with van der Waals surface area (Å²) in [6.07, 6.45) is 0.476. The molecule has 1 atom stereocenters. The number of rotatable bonds is 3. The maximum Gasteiger partial charge on any atom is 0.241 e. The number of hydrogen-bond donors (Lipinski definition) is 1. The topological polar surface area (TPSA) is 46.2 Å². The largest absolute Gasteiger partial charge is 0.241 e. The maximum atomic E-state index is 13.8. The normalized spacial score (nSPS) is 17.8. The van der Waals surface area contributed by atoms with Gasteiger partial charge in [-0.05, 0) is 42.0 Å². The van der Waals surface area contributed by atoms with Gasteiger partial charge in [0.2, 0.25) is 10.0 Å². The van der Waals surface area contributed by atoms with Crippen LogP contribution in [0.3, 0.4) is 0 Å². The van der Waals surface area contributed by atoms with E-state index in [1.54, 1.807) is 6.07 Å². The van der Waals surface area contributed by atoms with Gasteiger partial charge in [-0.3, -0.25) is 0 Å². The van der Waals surface area contributed by atoms with Crippen molar-refractivity contribution in [3.05, 3.63) is 59.4 Å². The van der Waals surface area contributed by atoms with Crippen LogP contribution in [-0.4, -0.2) is 14.2 Å². The number of thioether (sulfide) groups is 1. The van der Waals surface area contributed by atoms with Crippen LogP contribution in [0.1, 0.15) is 18.0 Å². The van der Waals surface area contributed by atoms with Crippen LogP contribution in [0.15, 0.2) is 46.2 Å². The van der Waals surface area contributed by atoms with Crippen LogP contribution in [0.4, 0.5) is 13.2 Å². The lowest BCUT2D eigenvalue weighted by Crippen LogP contribution is -2.31. The van der Waals surface area contributed by atoms with Gasteiger partial charge in [0, 0.05) is 10.9 Å². The zero-order chi connectivity index (χ0) is 16.6. The molecule has 23 heavy (non-hydrogen) atoms. The fraction of sp³-hybridized carbons (Fsp3) is 0.200. The van der Waals surface area contributed by atoms with Gasteiger partial charge >= 0.3 is 0 Å². The number of halogens is 3. The van der Waals surface area contributed by atoms with Crippen LogP contribution in [0, 0.1) is 17.5 Å². The molecular weight excluding hydrogens is 347 g/mol. The molecule has 1 unspecified atom stereocenters. The van der Waals surface area contributed by atoms with Crippen LogP contribution in [0.2, 0.25) is 0 Å². The van der Waals surface area contributed by atoms with Gasteiger partial charge in [0.15, 0.2) is 11.6 Å². The first-order chi connectivity index (χ1) is 10.9. The molecule has 3 rings (SSSR count). The summed E-state index contributed by atoms with van der Waals surface area (Å²) in [5.41, 5.74) is 0.549. The molecule has 0 amide bonds. The van der Waals surface area contributed by atoms with E-state index in [1.165, 1.54) is 23.9 Å². The molecule has 0 saturated carbocycles. The van der Waals surface area contributed by atoms with E-state index in [9.17, 15) is 21.6 Å². The van der Waals surface area contributed by atoms with E-state index in [2.05, 4.69) is 4.72 Å². The van der Waals surface area contributed by atoms with Crippen molar-refractivity contribution < 1.29 is 21.6 Å². The third kappa shape index (κ3) is 3.24. The second-order valence-electron chi connectivity index (χ2n) is 5.05. The first kappa shape index (κ1) is 16.4. The lowest BCUT2D eigenvalue weighted by molar-refractivity contribution is 0.502. The summed E-state index contributed by atoms with van der Waals surface area (Å²) in [7, 11) is -4.04. The number of nitrogens with one attached hydrogen (secondary N) is 1. The van der Waals surface area contributed by atoms with Crippen LogP contribution >= 0.6 is 11.8 Å². The molecular formula is C15H12F3NO2S2. The first-order valence-corrected chi connectivity index (χ1v) is 9.24. The molecule has 1 heterocycles. The molecule has 0 saturated heterocycles. The van der Waals surface area contributed by atoms with Crippen molar-refractivity contribution in [3.63, 3.8) is 0 Å². The zero-order valence-corrected chi connectivity index (χ0v) is 13.4. The third-order valence-corrected chi connectivity index (χ3v) is 6.15. The van der Waals surface area contributed by atoms with Crippen molar-refractivity contribution in [2.45, 2.75) is 22.3 Å². The molecule has 0 fully saturated rings. The number of benzene rings is 2. The van der Waals surface area contributed by atoms with Gasteiger partial charge in [0.05, 0.1) is 4.90 Å². The smallest absolute Gasteiger partial charge is 0.207 e. The highest BCUT2D eigenvalue weighted by Gasteiger charge is 2.28. The molecule has 122 valence electrons. The summed E-state index contributed by atoms with van der Waals surface area (Å²) in [4.78, 5) is 0.0457. The molecule has 0 bridgehead atoms. The van der Waals surface area contributed by atoms with Crippen molar-refractivity contribution in [1.29, 1.82) is 0 Å². The van der Waals surface area contributed by atoms with Gasteiger partial charge < -0.3 is 0 Å². The third-order valence-electron chi connectivity index (χ3n) is 3.52. The Morgan fingerprint density at radius 3 is 2.57 bits per heavy atom. The lowest BCUT2D eigenvalue weighted by Gasteiger charge is -2.26. The van der Waals surface area contributed by atoms with Crippen molar-refractivity contribution in [2.75, 3.05) is 5.75 Å². The highest BCUT2D eigenvalue weighted by molar-refractivity contribution is 7.99. The highest BCUT2D eigenvalue weighted by Crippen LogP contribution is 2.38. The number of sulfonamides is 1. The van der Waals surface area contributed by atoms with Crippen molar-refractivity contribution in [1.82, 2.24) is 4.72 Å². The quantitative estimate of drug-likeness (QED) is 0.911. The average Bonchev–Trinajstić information content (AvgIpc) is 2.51. The Kier molecular flexibility index (Phi) is 4.39. The van der Waals surface area contributed by atoms with Crippen LogP contribution in [0.25, 0.3) is 0 Å². The SMILES string of the molecule is O=S(=O)(NC1CCSc2c(F)cccc21)c1ccc(F)c(F)c1. The second-order valence-corrected chi connectivity index (χ2v) is 7.86. The summed E-state index contributed by atoms with van der Waals surface area (Å²) in [5, 5.41) is 0. The summed E-state index contributed by atoms with van der Waals surface area (Å²) < 4.78 is 67.2. The fourth-order valence-electron chi connectivity index (χ4n) is 2.41. The van der Waals surface area contributed by atoms with E-state index in [-0.39, 0.29) is 4.90 Å². The minimum atomic E-state index is -4.04. The van der Waals surface area contributed by atoms with Gasteiger partial charge in [0.25, 0.3) is 0 Å². The monoisotopic (exact) mass is 359 g/mol. The Labute approximate surface area is 136 Å². The van der Waals surface area contributed by atoms with Crippen LogP contribution in [0.5, 0.6) is 0 Å². The van der Waals surface area contributed by atoms with Gasteiger partial charge in [0.1, 0.15) is 5.82 Å². The van der Waals surface area contributed by atoms with Gasteiger partial charge in [-0.25, -0.2) is 26.3 Å². The lowest BCUT2D eigenvalue weighted by atomic mass is 10.0. The Balaban J connectivity index is 1.93. The van der Waals surface area contributed by atoms with Crippen molar-refractivity contribution in [3.8, 4) is 0 Å². The molecule has 2 aromatic rings. The van der Waals surface area contributed by atoms with E-state index < -0.39 is 33.5 Å². The van der Waals surface area contributed by atoms with E-state index in [1.807, 2.05) is 0 Å². The molecule has 1 aliphatic rings. The Bertz CT molecular complexity index is 856. The molecule has 8 heteroatoms. The predicted molar refractivity (Wildman–Crippen MR) is 81.2 cm³/mol. The van der Waals surface area contributed by atoms with Gasteiger partial charge in [-0.2, -0.15) is 0 Å². The first-order valence-electron chi connectivity index (χ1n) is 6.77. The minimum absolute atomic E-state index is 0.368. The fourth-order valence-corrected chi connectivity index (χ4v) is 4.81. The molecule has 0 radical (unpaired) electrons. The predicted octanol–water partition coefficient (Wildman–Crippen LogP) is 3.62. The average molecular weight is 359 g/mol. The molecule has 0 spiro atoms. The molecule has 1 aliphatic heterocycles. The van der Waals surface area contributed by atoms with E-state index >= 15 is 0 Å². The standard InChI is InChI=1S/C15H12F3NO2S2/c16-11-5-4-9(8-13(11)18)23(20,21)19-14-6-7-22-15-10(14)2-1-3-12(15)17/h1-5,8,14,19H,6-7H2. The Morgan fingerprint density at radius 1 is 1.04 bits per heavy atom. The molecule has 0 aromatic heterocycles.